The molecule has 2 aliphatic rings. The summed E-state index contributed by atoms with van der Waals surface area (Å²) in [6, 6.07) is 31.3. The molecule has 0 bridgehead atoms. The summed E-state index contributed by atoms with van der Waals surface area (Å²) in [6.45, 7) is 16.1. The molecular formula is C41H48O4. The van der Waals surface area contributed by atoms with Crippen molar-refractivity contribution in [1.82, 2.24) is 0 Å². The van der Waals surface area contributed by atoms with E-state index in [2.05, 4.69) is 100 Å². The Balaban J connectivity index is 1.52. The van der Waals surface area contributed by atoms with Crippen LogP contribution in [0.1, 0.15) is 69.6 Å². The number of ether oxygens (including phenoxy) is 3. The Morgan fingerprint density at radius 3 is 1.98 bits per heavy atom. The van der Waals surface area contributed by atoms with Gasteiger partial charge in [-0.05, 0) is 60.8 Å². The highest BCUT2D eigenvalue weighted by Gasteiger charge is 2.53. The zero-order valence-corrected chi connectivity index (χ0v) is 27.4. The highest BCUT2D eigenvalue weighted by molar-refractivity contribution is 6.01. The summed E-state index contributed by atoms with van der Waals surface area (Å²) in [6.07, 6.45) is 5.45. The molecule has 5 rings (SSSR count). The van der Waals surface area contributed by atoms with Crippen molar-refractivity contribution in [2.75, 3.05) is 20.5 Å². The van der Waals surface area contributed by atoms with E-state index in [1.54, 1.807) is 7.11 Å². The van der Waals surface area contributed by atoms with E-state index >= 15 is 0 Å². The molecule has 0 radical (unpaired) electrons. The van der Waals surface area contributed by atoms with E-state index in [0.29, 0.717) is 25.4 Å². The molecule has 3 aromatic rings. The molecule has 4 nitrogen and oxygen atoms in total. The molecule has 0 unspecified atom stereocenters. The first-order valence-electron chi connectivity index (χ1n) is 16.2. The topological polar surface area (TPSA) is 44.8 Å². The van der Waals surface area contributed by atoms with Crippen LogP contribution in [0.3, 0.4) is 0 Å². The van der Waals surface area contributed by atoms with E-state index < -0.39 is 17.1 Å². The van der Waals surface area contributed by atoms with Crippen molar-refractivity contribution < 1.29 is 19.0 Å². The maximum absolute atomic E-state index is 13.3. The van der Waals surface area contributed by atoms with Gasteiger partial charge in [0.25, 0.3) is 0 Å². The standard InChI is InChI=1S/C41H48O4/c1-7-39(5,38(44-29-43-6)32(4)40-25-23-30(2)31(3)37(40)36(42)24-26-40)27-28-45-41(33-17-11-8-12-18-33,34-19-13-9-14-20-34)35-21-15-10-16-22-35/h7-22,30,38H,1,4,23-29H2,2-3,5-6H3/t30-,38+,39+,40+/m1/s1. The van der Waals surface area contributed by atoms with Gasteiger partial charge in [0.2, 0.25) is 0 Å². The first-order valence-corrected chi connectivity index (χ1v) is 16.2. The third-order valence-electron chi connectivity index (χ3n) is 10.5. The van der Waals surface area contributed by atoms with Crippen LogP contribution < -0.4 is 0 Å². The zero-order valence-electron chi connectivity index (χ0n) is 27.4. The predicted molar refractivity (Wildman–Crippen MR) is 182 cm³/mol. The third-order valence-corrected chi connectivity index (χ3v) is 10.5. The fourth-order valence-corrected chi connectivity index (χ4v) is 7.71. The van der Waals surface area contributed by atoms with Crippen molar-refractivity contribution in [1.29, 1.82) is 0 Å². The van der Waals surface area contributed by atoms with E-state index in [-0.39, 0.29) is 18.0 Å². The summed E-state index contributed by atoms with van der Waals surface area (Å²) in [5.41, 5.74) is 4.54. The lowest BCUT2D eigenvalue weighted by atomic mass is 9.61. The number of hydrogen-bond donors (Lipinski definition) is 0. The molecule has 0 heterocycles. The Morgan fingerprint density at radius 1 is 0.956 bits per heavy atom. The van der Waals surface area contributed by atoms with Gasteiger partial charge in [0, 0.05) is 36.5 Å². The number of hydrogen-bond acceptors (Lipinski definition) is 4. The maximum atomic E-state index is 13.3. The number of allylic oxidation sites excluding steroid dienone is 2. The quantitative estimate of drug-likeness (QED) is 0.105. The van der Waals surface area contributed by atoms with Gasteiger partial charge in [-0.2, -0.15) is 0 Å². The Morgan fingerprint density at radius 2 is 1.49 bits per heavy atom. The van der Waals surface area contributed by atoms with Gasteiger partial charge in [0.05, 0.1) is 6.10 Å². The molecule has 45 heavy (non-hydrogen) atoms. The number of benzene rings is 3. The van der Waals surface area contributed by atoms with E-state index in [1.165, 1.54) is 5.57 Å². The molecule has 4 atom stereocenters. The van der Waals surface area contributed by atoms with Gasteiger partial charge < -0.3 is 14.2 Å². The third kappa shape index (κ3) is 6.04. The summed E-state index contributed by atoms with van der Waals surface area (Å²) in [7, 11) is 1.64. The lowest BCUT2D eigenvalue weighted by molar-refractivity contribution is -0.115. The molecule has 0 aromatic heterocycles. The molecule has 0 saturated heterocycles. The fourth-order valence-electron chi connectivity index (χ4n) is 7.71. The largest absolute Gasteiger partial charge is 0.361 e. The summed E-state index contributed by atoms with van der Waals surface area (Å²) in [4.78, 5) is 13.3. The van der Waals surface area contributed by atoms with E-state index in [0.717, 1.165) is 47.1 Å². The van der Waals surface area contributed by atoms with Crippen LogP contribution in [0, 0.1) is 16.7 Å². The maximum Gasteiger partial charge on any atom is 0.159 e. The lowest BCUT2D eigenvalue weighted by Gasteiger charge is -2.46. The molecule has 1 fully saturated rings. The van der Waals surface area contributed by atoms with Gasteiger partial charge in [0.15, 0.2) is 5.78 Å². The SMILES string of the molecule is C=C[C@@](C)(CCOC(c1ccccc1)(c1ccccc1)c1ccccc1)[C@@H](OCOC)C(=C)[C@]12CCC(=O)C1=C(C)[C@H](C)CC2. The molecule has 0 amide bonds. The second-order valence-corrected chi connectivity index (χ2v) is 13.1. The molecule has 0 N–H and O–H groups in total. The number of Topliss-reactive ketones (excluding diaryl/α,β-unsaturated/α-hetero) is 1. The Labute approximate surface area is 269 Å². The minimum absolute atomic E-state index is 0.119. The highest BCUT2D eigenvalue weighted by atomic mass is 16.7. The molecule has 3 aromatic carbocycles. The van der Waals surface area contributed by atoms with E-state index in [4.69, 9.17) is 20.8 Å². The van der Waals surface area contributed by atoms with Crippen molar-refractivity contribution in [3.63, 3.8) is 0 Å². The second-order valence-electron chi connectivity index (χ2n) is 13.1. The van der Waals surface area contributed by atoms with E-state index in [9.17, 15) is 4.79 Å². The van der Waals surface area contributed by atoms with Crippen LogP contribution in [0.2, 0.25) is 0 Å². The Kier molecular flexibility index (Phi) is 10.1. The number of ketones is 1. The van der Waals surface area contributed by atoms with Crippen molar-refractivity contribution in [2.24, 2.45) is 16.7 Å². The van der Waals surface area contributed by atoms with Gasteiger partial charge in [0.1, 0.15) is 12.4 Å². The predicted octanol–water partition coefficient (Wildman–Crippen LogP) is 9.22. The molecule has 2 aliphatic carbocycles. The molecule has 236 valence electrons. The van der Waals surface area contributed by atoms with Gasteiger partial charge in [-0.1, -0.05) is 123 Å². The Bertz CT molecular complexity index is 1410. The summed E-state index contributed by atoms with van der Waals surface area (Å²) >= 11 is 0. The monoisotopic (exact) mass is 604 g/mol. The molecule has 4 heteroatoms. The first kappa shape index (κ1) is 32.8. The van der Waals surface area contributed by atoms with Crippen LogP contribution in [0.5, 0.6) is 0 Å². The smallest absolute Gasteiger partial charge is 0.159 e. The van der Waals surface area contributed by atoms with Crippen LogP contribution in [0.15, 0.2) is 127 Å². The minimum Gasteiger partial charge on any atom is -0.361 e. The average molecular weight is 605 g/mol. The summed E-state index contributed by atoms with van der Waals surface area (Å²) in [5, 5.41) is 0. The normalized spacial score (nSPS) is 22.0. The van der Waals surface area contributed by atoms with E-state index in [1.807, 2.05) is 24.3 Å². The number of methoxy groups -OCH3 is 1. The van der Waals surface area contributed by atoms with Crippen molar-refractivity contribution >= 4 is 5.78 Å². The minimum atomic E-state index is -0.825. The van der Waals surface area contributed by atoms with Gasteiger partial charge in [-0.25, -0.2) is 0 Å². The van der Waals surface area contributed by atoms with Crippen LogP contribution >= 0.6 is 0 Å². The number of fused-ring (bicyclic) bond motifs is 1. The Hall–Kier alpha value is -3.57. The summed E-state index contributed by atoms with van der Waals surface area (Å²) in [5.74, 6) is 0.648. The second kappa shape index (κ2) is 13.8. The lowest BCUT2D eigenvalue weighted by Crippen LogP contribution is -2.43. The number of carbonyl (C=O) groups is 1. The molecule has 0 spiro atoms. The van der Waals surface area contributed by atoms with Crippen molar-refractivity contribution in [2.45, 2.75) is 64.6 Å². The number of rotatable bonds is 14. The van der Waals surface area contributed by atoms with Crippen LogP contribution in [0.25, 0.3) is 0 Å². The number of carbonyl (C=O) groups excluding carboxylic acids is 1. The molecule has 0 aliphatic heterocycles. The van der Waals surface area contributed by atoms with Crippen LogP contribution in [-0.2, 0) is 24.6 Å². The first-order chi connectivity index (χ1) is 21.7. The average Bonchev–Trinajstić information content (AvgIpc) is 3.44. The summed E-state index contributed by atoms with van der Waals surface area (Å²) < 4.78 is 19.1. The van der Waals surface area contributed by atoms with Gasteiger partial charge in [-0.3, -0.25) is 4.79 Å². The van der Waals surface area contributed by atoms with Gasteiger partial charge >= 0.3 is 0 Å². The van der Waals surface area contributed by atoms with Crippen molar-refractivity contribution in [3.8, 4) is 0 Å². The zero-order chi connectivity index (χ0) is 32.1. The van der Waals surface area contributed by atoms with Gasteiger partial charge in [-0.15, -0.1) is 6.58 Å². The molecule has 1 saturated carbocycles. The van der Waals surface area contributed by atoms with Crippen molar-refractivity contribution in [3.05, 3.63) is 144 Å². The molecular weight excluding hydrogens is 556 g/mol. The fraction of sp³-hybridized carbons (Fsp3) is 0.390. The highest BCUT2D eigenvalue weighted by Crippen LogP contribution is 2.58. The van der Waals surface area contributed by atoms with Crippen LogP contribution in [-0.4, -0.2) is 32.4 Å². The van der Waals surface area contributed by atoms with Crippen LogP contribution in [0.4, 0.5) is 0 Å².